The molecule has 0 heterocycles. The van der Waals surface area contributed by atoms with Gasteiger partial charge in [0, 0.05) is 26.1 Å². The number of ether oxygens (including phenoxy) is 1. The van der Waals surface area contributed by atoms with Gasteiger partial charge in [-0.1, -0.05) is 30.3 Å². The molecule has 0 saturated carbocycles. The van der Waals surface area contributed by atoms with Crippen molar-refractivity contribution in [3.8, 4) is 5.75 Å². The lowest BCUT2D eigenvalue weighted by atomic mass is 10.2. The van der Waals surface area contributed by atoms with Crippen LogP contribution in [0.2, 0.25) is 0 Å². The molecule has 2 aromatic rings. The van der Waals surface area contributed by atoms with Crippen molar-refractivity contribution in [3.63, 3.8) is 0 Å². The first-order valence-corrected chi connectivity index (χ1v) is 7.55. The van der Waals surface area contributed by atoms with Gasteiger partial charge in [-0.25, -0.2) is 0 Å². The van der Waals surface area contributed by atoms with Gasteiger partial charge in [0.1, 0.15) is 5.75 Å². The van der Waals surface area contributed by atoms with Crippen LogP contribution in [0.1, 0.15) is 15.9 Å². The van der Waals surface area contributed by atoms with E-state index in [-0.39, 0.29) is 5.91 Å². The van der Waals surface area contributed by atoms with Crippen molar-refractivity contribution in [1.29, 1.82) is 0 Å². The third kappa shape index (κ3) is 4.33. The summed E-state index contributed by atoms with van der Waals surface area (Å²) >= 11 is 3.46. The molecule has 0 spiro atoms. The quantitative estimate of drug-likeness (QED) is 0.823. The zero-order valence-electron chi connectivity index (χ0n) is 12.2. The molecule has 0 aromatic heterocycles. The van der Waals surface area contributed by atoms with E-state index in [0.29, 0.717) is 12.2 Å². The highest BCUT2D eigenvalue weighted by atomic mass is 79.9. The number of carbonyl (C=O) groups is 1. The average molecular weight is 348 g/mol. The van der Waals surface area contributed by atoms with E-state index >= 15 is 0 Å². The van der Waals surface area contributed by atoms with Gasteiger partial charge < -0.3 is 9.64 Å². The lowest BCUT2D eigenvalue weighted by molar-refractivity contribution is 0.0827. The molecule has 0 saturated heterocycles. The second-order valence-corrected chi connectivity index (χ2v) is 5.78. The summed E-state index contributed by atoms with van der Waals surface area (Å²) in [6.45, 7) is 0.601. The molecule has 110 valence electrons. The molecule has 0 aliphatic carbocycles. The Bertz CT molecular complexity index is 611. The maximum atomic E-state index is 11.9. The molecule has 0 unspecified atom stereocenters. The summed E-state index contributed by atoms with van der Waals surface area (Å²) in [5.41, 5.74) is 1.88. The van der Waals surface area contributed by atoms with Crippen LogP contribution in [0.3, 0.4) is 0 Å². The minimum Gasteiger partial charge on any atom is -0.492 e. The first-order valence-electron chi connectivity index (χ1n) is 6.76. The molecular weight excluding hydrogens is 330 g/mol. The van der Waals surface area contributed by atoms with Crippen LogP contribution in [0.4, 0.5) is 0 Å². The fourth-order valence-electron chi connectivity index (χ4n) is 1.93. The maximum absolute atomic E-state index is 11.9. The van der Waals surface area contributed by atoms with Crippen LogP contribution in [0.25, 0.3) is 0 Å². The van der Waals surface area contributed by atoms with Gasteiger partial charge >= 0.3 is 0 Å². The number of nitrogens with zero attached hydrogens (tertiary/aromatic N) is 1. The van der Waals surface area contributed by atoms with Gasteiger partial charge in [0.2, 0.25) is 0 Å². The number of hydrogen-bond donors (Lipinski definition) is 0. The topological polar surface area (TPSA) is 29.5 Å². The smallest absolute Gasteiger partial charge is 0.253 e. The molecule has 1 amide bonds. The molecule has 2 rings (SSSR count). The fraction of sp³-hybridized carbons (Fsp3) is 0.235. The van der Waals surface area contributed by atoms with E-state index in [1.165, 1.54) is 5.56 Å². The molecule has 0 N–H and O–H groups in total. The molecule has 3 nitrogen and oxygen atoms in total. The van der Waals surface area contributed by atoms with E-state index in [9.17, 15) is 4.79 Å². The van der Waals surface area contributed by atoms with Gasteiger partial charge in [-0.3, -0.25) is 4.79 Å². The second kappa shape index (κ2) is 7.27. The van der Waals surface area contributed by atoms with Gasteiger partial charge in [0.25, 0.3) is 5.91 Å². The number of benzene rings is 2. The zero-order valence-corrected chi connectivity index (χ0v) is 13.8. The van der Waals surface area contributed by atoms with Crippen LogP contribution in [-0.2, 0) is 6.42 Å². The Morgan fingerprint density at radius 3 is 2.48 bits per heavy atom. The number of halogens is 1. The highest BCUT2D eigenvalue weighted by Crippen LogP contribution is 2.26. The first-order chi connectivity index (χ1) is 10.1. The fourth-order valence-corrected chi connectivity index (χ4v) is 2.43. The Morgan fingerprint density at radius 1 is 1.14 bits per heavy atom. The van der Waals surface area contributed by atoms with Crippen molar-refractivity contribution in [1.82, 2.24) is 4.90 Å². The number of amides is 1. The van der Waals surface area contributed by atoms with Crippen molar-refractivity contribution in [2.45, 2.75) is 6.42 Å². The van der Waals surface area contributed by atoms with E-state index < -0.39 is 0 Å². The number of hydrogen-bond acceptors (Lipinski definition) is 2. The van der Waals surface area contributed by atoms with Gasteiger partial charge in [0.15, 0.2) is 0 Å². The predicted octanol–water partition coefficient (Wildman–Crippen LogP) is 3.77. The van der Waals surface area contributed by atoms with E-state index in [0.717, 1.165) is 16.6 Å². The molecule has 21 heavy (non-hydrogen) atoms. The molecule has 0 bridgehead atoms. The van der Waals surface area contributed by atoms with Crippen molar-refractivity contribution in [3.05, 3.63) is 64.1 Å². The molecular formula is C17H18BrNO2. The summed E-state index contributed by atoms with van der Waals surface area (Å²) in [5, 5.41) is 0. The molecule has 4 heteroatoms. The van der Waals surface area contributed by atoms with E-state index in [2.05, 4.69) is 28.1 Å². The number of carbonyl (C=O) groups excluding carboxylic acids is 1. The highest BCUT2D eigenvalue weighted by molar-refractivity contribution is 9.10. The highest BCUT2D eigenvalue weighted by Gasteiger charge is 2.10. The SMILES string of the molecule is CN(C)C(=O)c1ccc(OCCc2ccccc2)c(Br)c1. The summed E-state index contributed by atoms with van der Waals surface area (Å²) in [6.07, 6.45) is 0.853. The Labute approximate surface area is 133 Å². The van der Waals surface area contributed by atoms with Crippen LogP contribution in [0, 0.1) is 0 Å². The number of rotatable bonds is 5. The summed E-state index contributed by atoms with van der Waals surface area (Å²) in [7, 11) is 3.47. The minimum atomic E-state index is -0.0217. The van der Waals surface area contributed by atoms with Crippen molar-refractivity contribution < 1.29 is 9.53 Å². The molecule has 2 aromatic carbocycles. The summed E-state index contributed by atoms with van der Waals surface area (Å²) in [5.74, 6) is 0.729. The molecule has 0 aliphatic rings. The second-order valence-electron chi connectivity index (χ2n) is 4.93. The van der Waals surface area contributed by atoms with Crippen molar-refractivity contribution in [2.75, 3.05) is 20.7 Å². The van der Waals surface area contributed by atoms with Crippen LogP contribution in [-0.4, -0.2) is 31.5 Å². The van der Waals surface area contributed by atoms with Crippen LogP contribution in [0.15, 0.2) is 53.0 Å². The lowest BCUT2D eigenvalue weighted by Crippen LogP contribution is -2.21. The van der Waals surface area contributed by atoms with Gasteiger partial charge in [-0.05, 0) is 39.7 Å². The average Bonchev–Trinajstić information content (AvgIpc) is 2.49. The molecule has 0 aliphatic heterocycles. The molecule has 0 radical (unpaired) electrons. The van der Waals surface area contributed by atoms with Gasteiger partial charge in [-0.2, -0.15) is 0 Å². The Balaban J connectivity index is 1.97. The Hall–Kier alpha value is -1.81. The third-order valence-electron chi connectivity index (χ3n) is 3.08. The Morgan fingerprint density at radius 2 is 1.86 bits per heavy atom. The minimum absolute atomic E-state index is 0.0217. The van der Waals surface area contributed by atoms with E-state index in [4.69, 9.17) is 4.74 Å². The monoisotopic (exact) mass is 347 g/mol. The van der Waals surface area contributed by atoms with E-state index in [1.807, 2.05) is 24.3 Å². The van der Waals surface area contributed by atoms with Gasteiger partial charge in [0.05, 0.1) is 11.1 Å². The van der Waals surface area contributed by atoms with Crippen LogP contribution in [0.5, 0.6) is 5.75 Å². The van der Waals surface area contributed by atoms with Crippen LogP contribution >= 0.6 is 15.9 Å². The summed E-state index contributed by atoms with van der Waals surface area (Å²) in [4.78, 5) is 13.4. The summed E-state index contributed by atoms with van der Waals surface area (Å²) < 4.78 is 6.56. The van der Waals surface area contributed by atoms with Crippen molar-refractivity contribution in [2.24, 2.45) is 0 Å². The summed E-state index contributed by atoms with van der Waals surface area (Å²) in [6, 6.07) is 15.6. The van der Waals surface area contributed by atoms with E-state index in [1.54, 1.807) is 31.1 Å². The first kappa shape index (κ1) is 15.6. The van der Waals surface area contributed by atoms with Gasteiger partial charge in [-0.15, -0.1) is 0 Å². The lowest BCUT2D eigenvalue weighted by Gasteiger charge is -2.12. The maximum Gasteiger partial charge on any atom is 0.253 e. The van der Waals surface area contributed by atoms with Crippen LogP contribution < -0.4 is 4.74 Å². The third-order valence-corrected chi connectivity index (χ3v) is 3.70. The zero-order chi connectivity index (χ0) is 15.2. The normalized spacial score (nSPS) is 10.2. The van der Waals surface area contributed by atoms with Crippen molar-refractivity contribution >= 4 is 21.8 Å². The molecule has 0 atom stereocenters. The standard InChI is InChI=1S/C17H18BrNO2/c1-19(2)17(20)14-8-9-16(15(18)12-14)21-11-10-13-6-4-3-5-7-13/h3-9,12H,10-11H2,1-2H3. The Kier molecular flexibility index (Phi) is 5.39. The largest absolute Gasteiger partial charge is 0.492 e. The predicted molar refractivity (Wildman–Crippen MR) is 87.8 cm³/mol. The molecule has 0 fully saturated rings.